The highest BCUT2D eigenvalue weighted by atomic mass is 19.1. The van der Waals surface area contributed by atoms with Crippen molar-refractivity contribution in [2.24, 2.45) is 0 Å². The summed E-state index contributed by atoms with van der Waals surface area (Å²) in [6, 6.07) is 21.8. The van der Waals surface area contributed by atoms with Gasteiger partial charge in [-0.1, -0.05) is 6.07 Å². The summed E-state index contributed by atoms with van der Waals surface area (Å²) in [6.07, 6.45) is 1.74. The third kappa shape index (κ3) is 5.94. The SMILES string of the molecule is O=C(Nc1ccc(Nc2cc(N3CCOCC3)cnn2)cc1)c1cccc(Oc2ccc(F)cc2)c1. The predicted molar refractivity (Wildman–Crippen MR) is 136 cm³/mol. The number of ether oxygens (including phenoxy) is 2. The van der Waals surface area contributed by atoms with Gasteiger partial charge in [-0.2, -0.15) is 5.10 Å². The predicted octanol–water partition coefficient (Wildman–Crippen LogP) is 5.24. The Kier molecular flexibility index (Phi) is 7.00. The van der Waals surface area contributed by atoms with Gasteiger partial charge in [0.25, 0.3) is 5.91 Å². The van der Waals surface area contributed by atoms with Gasteiger partial charge in [-0.15, -0.1) is 5.10 Å². The first-order valence-electron chi connectivity index (χ1n) is 11.5. The molecule has 0 saturated carbocycles. The van der Waals surface area contributed by atoms with Gasteiger partial charge >= 0.3 is 0 Å². The standard InChI is InChI=1S/C27H24FN5O3/c28-20-4-10-24(11-5-20)36-25-3-1-2-19(16-25)27(34)31-22-8-6-21(7-9-22)30-26-17-23(18-29-32-26)33-12-14-35-15-13-33/h1-11,16-18H,12-15H2,(H,30,32)(H,31,34). The van der Waals surface area contributed by atoms with E-state index in [2.05, 4.69) is 25.7 Å². The van der Waals surface area contributed by atoms with Crippen molar-refractivity contribution in [2.45, 2.75) is 0 Å². The fourth-order valence-corrected chi connectivity index (χ4v) is 3.74. The zero-order valence-electron chi connectivity index (χ0n) is 19.4. The molecule has 1 saturated heterocycles. The number of amides is 1. The van der Waals surface area contributed by atoms with E-state index in [0.717, 1.165) is 24.5 Å². The first kappa shape index (κ1) is 23.3. The van der Waals surface area contributed by atoms with Crippen molar-refractivity contribution < 1.29 is 18.7 Å². The zero-order valence-corrected chi connectivity index (χ0v) is 19.4. The van der Waals surface area contributed by atoms with Crippen LogP contribution in [-0.4, -0.2) is 42.4 Å². The summed E-state index contributed by atoms with van der Waals surface area (Å²) in [4.78, 5) is 15.0. The van der Waals surface area contributed by atoms with E-state index in [1.54, 1.807) is 42.6 Å². The molecule has 0 aliphatic carbocycles. The maximum atomic E-state index is 13.1. The van der Waals surface area contributed by atoms with Gasteiger partial charge < -0.3 is 25.0 Å². The van der Waals surface area contributed by atoms with Crippen molar-refractivity contribution in [1.82, 2.24) is 10.2 Å². The Labute approximate surface area is 207 Å². The molecule has 182 valence electrons. The smallest absolute Gasteiger partial charge is 0.255 e. The van der Waals surface area contributed by atoms with Crippen molar-refractivity contribution >= 4 is 28.8 Å². The molecule has 3 aromatic carbocycles. The number of benzene rings is 3. The van der Waals surface area contributed by atoms with E-state index in [0.29, 0.717) is 41.8 Å². The molecule has 1 fully saturated rings. The highest BCUT2D eigenvalue weighted by Gasteiger charge is 2.13. The van der Waals surface area contributed by atoms with Gasteiger partial charge in [0.1, 0.15) is 17.3 Å². The number of carbonyl (C=O) groups excluding carboxylic acids is 1. The number of rotatable bonds is 7. The normalized spacial score (nSPS) is 13.2. The second-order valence-electron chi connectivity index (χ2n) is 8.14. The average molecular weight is 486 g/mol. The topological polar surface area (TPSA) is 88.6 Å². The maximum Gasteiger partial charge on any atom is 0.255 e. The van der Waals surface area contributed by atoms with E-state index in [9.17, 15) is 9.18 Å². The summed E-state index contributed by atoms with van der Waals surface area (Å²) < 4.78 is 24.2. The molecule has 4 aromatic rings. The second-order valence-corrected chi connectivity index (χ2v) is 8.14. The summed E-state index contributed by atoms with van der Waals surface area (Å²) in [5.41, 5.74) is 2.89. The van der Waals surface area contributed by atoms with E-state index < -0.39 is 0 Å². The van der Waals surface area contributed by atoms with Crippen LogP contribution >= 0.6 is 0 Å². The lowest BCUT2D eigenvalue weighted by molar-refractivity contribution is 0.102. The molecule has 2 heterocycles. The van der Waals surface area contributed by atoms with E-state index in [-0.39, 0.29) is 11.7 Å². The number of morpholine rings is 1. The number of carbonyl (C=O) groups is 1. The molecule has 36 heavy (non-hydrogen) atoms. The number of hydrogen-bond donors (Lipinski definition) is 2. The number of anilines is 4. The molecule has 8 nitrogen and oxygen atoms in total. The quantitative estimate of drug-likeness (QED) is 0.370. The van der Waals surface area contributed by atoms with Crippen molar-refractivity contribution in [1.29, 1.82) is 0 Å². The van der Waals surface area contributed by atoms with Crippen LogP contribution in [0.5, 0.6) is 11.5 Å². The minimum atomic E-state index is -0.342. The van der Waals surface area contributed by atoms with Gasteiger partial charge in [0, 0.05) is 36.1 Å². The lowest BCUT2D eigenvalue weighted by Gasteiger charge is -2.28. The van der Waals surface area contributed by atoms with Crippen LogP contribution in [0.4, 0.5) is 27.3 Å². The Morgan fingerprint density at radius 3 is 2.44 bits per heavy atom. The first-order chi connectivity index (χ1) is 17.6. The summed E-state index contributed by atoms with van der Waals surface area (Å²) in [6.45, 7) is 3.04. The highest BCUT2D eigenvalue weighted by molar-refractivity contribution is 6.04. The molecule has 0 atom stereocenters. The lowest BCUT2D eigenvalue weighted by Crippen LogP contribution is -2.36. The molecule has 0 radical (unpaired) electrons. The van der Waals surface area contributed by atoms with Crippen LogP contribution in [0, 0.1) is 5.82 Å². The van der Waals surface area contributed by atoms with Crippen molar-refractivity contribution in [2.75, 3.05) is 41.8 Å². The summed E-state index contributed by atoms with van der Waals surface area (Å²) in [7, 11) is 0. The van der Waals surface area contributed by atoms with Crippen LogP contribution in [-0.2, 0) is 4.74 Å². The molecule has 1 aliphatic heterocycles. The van der Waals surface area contributed by atoms with Crippen LogP contribution in [0.1, 0.15) is 10.4 Å². The van der Waals surface area contributed by atoms with Crippen LogP contribution < -0.4 is 20.3 Å². The zero-order chi connectivity index (χ0) is 24.7. The van der Waals surface area contributed by atoms with Crippen molar-refractivity contribution in [3.63, 3.8) is 0 Å². The molecule has 1 amide bonds. The van der Waals surface area contributed by atoms with E-state index >= 15 is 0 Å². The van der Waals surface area contributed by atoms with E-state index in [1.807, 2.05) is 18.2 Å². The largest absolute Gasteiger partial charge is 0.457 e. The summed E-state index contributed by atoms with van der Waals surface area (Å²) in [5.74, 6) is 0.982. The third-order valence-electron chi connectivity index (χ3n) is 5.58. The molecular weight excluding hydrogens is 461 g/mol. The third-order valence-corrected chi connectivity index (χ3v) is 5.58. The molecule has 0 unspecified atom stereocenters. The molecular formula is C27H24FN5O3. The van der Waals surface area contributed by atoms with Gasteiger partial charge in [0.05, 0.1) is 25.1 Å². The van der Waals surface area contributed by atoms with Crippen LogP contribution in [0.2, 0.25) is 0 Å². The molecule has 9 heteroatoms. The van der Waals surface area contributed by atoms with Gasteiger partial charge in [0.2, 0.25) is 0 Å². The van der Waals surface area contributed by atoms with E-state index in [1.165, 1.54) is 24.3 Å². The fourth-order valence-electron chi connectivity index (χ4n) is 3.74. The monoisotopic (exact) mass is 485 g/mol. The molecule has 0 bridgehead atoms. The molecule has 1 aromatic heterocycles. The molecule has 1 aliphatic rings. The Morgan fingerprint density at radius 2 is 1.67 bits per heavy atom. The minimum Gasteiger partial charge on any atom is -0.457 e. The molecule has 0 spiro atoms. The number of hydrogen-bond acceptors (Lipinski definition) is 7. The minimum absolute atomic E-state index is 0.274. The number of nitrogens with one attached hydrogen (secondary N) is 2. The van der Waals surface area contributed by atoms with Crippen LogP contribution in [0.3, 0.4) is 0 Å². The van der Waals surface area contributed by atoms with Crippen LogP contribution in [0.25, 0.3) is 0 Å². The van der Waals surface area contributed by atoms with E-state index in [4.69, 9.17) is 9.47 Å². The lowest BCUT2D eigenvalue weighted by atomic mass is 10.2. The van der Waals surface area contributed by atoms with Gasteiger partial charge in [-0.05, 0) is 66.7 Å². The number of halogens is 1. The Bertz CT molecular complexity index is 1330. The summed E-state index contributed by atoms with van der Waals surface area (Å²) >= 11 is 0. The Balaban J connectivity index is 1.20. The van der Waals surface area contributed by atoms with Crippen molar-refractivity contribution in [3.8, 4) is 11.5 Å². The number of nitrogens with zero attached hydrogens (tertiary/aromatic N) is 3. The Morgan fingerprint density at radius 1 is 0.917 bits per heavy atom. The number of aromatic nitrogens is 2. The average Bonchev–Trinajstić information content (AvgIpc) is 2.92. The fraction of sp³-hybridized carbons (Fsp3) is 0.148. The first-order valence-corrected chi connectivity index (χ1v) is 11.5. The van der Waals surface area contributed by atoms with Crippen LogP contribution in [0.15, 0.2) is 85.1 Å². The molecule has 5 rings (SSSR count). The highest BCUT2D eigenvalue weighted by Crippen LogP contribution is 2.24. The second kappa shape index (κ2) is 10.8. The maximum absolute atomic E-state index is 13.1. The van der Waals surface area contributed by atoms with Gasteiger partial charge in [-0.3, -0.25) is 4.79 Å². The molecule has 2 N–H and O–H groups in total. The van der Waals surface area contributed by atoms with Gasteiger partial charge in [0.15, 0.2) is 5.82 Å². The Hall–Kier alpha value is -4.50. The summed E-state index contributed by atoms with van der Waals surface area (Å²) in [5, 5.41) is 14.4. The van der Waals surface area contributed by atoms with Gasteiger partial charge in [-0.25, -0.2) is 4.39 Å². The van der Waals surface area contributed by atoms with Crippen molar-refractivity contribution in [3.05, 3.63) is 96.4 Å².